The first kappa shape index (κ1) is 28.1. The summed E-state index contributed by atoms with van der Waals surface area (Å²) in [6.45, 7) is 4.09. The van der Waals surface area contributed by atoms with E-state index in [9.17, 15) is 23.6 Å². The van der Waals surface area contributed by atoms with Gasteiger partial charge >= 0.3 is 0 Å². The first-order valence-electron chi connectivity index (χ1n) is 13.6. The average molecular weight is 565 g/mol. The van der Waals surface area contributed by atoms with Crippen LogP contribution in [0.5, 0.6) is 0 Å². The van der Waals surface area contributed by atoms with Gasteiger partial charge in [0, 0.05) is 24.5 Å². The second-order valence-corrected chi connectivity index (χ2v) is 14.5. The van der Waals surface area contributed by atoms with Gasteiger partial charge in [-0.15, -0.1) is 0 Å². The number of carbonyl (C=O) groups excluding carboxylic acids is 1. The highest BCUT2D eigenvalue weighted by atomic mass is 32.2. The molecule has 212 valence electrons. The van der Waals surface area contributed by atoms with E-state index in [1.807, 2.05) is 32.0 Å². The minimum Gasteiger partial charge on any atom is -0.390 e. The number of nitrogens with zero attached hydrogens (tertiary/aromatic N) is 4. The van der Waals surface area contributed by atoms with Crippen LogP contribution in [-0.4, -0.2) is 63.7 Å². The fraction of sp³-hybridized carbons (Fsp3) is 0.517. The largest absolute Gasteiger partial charge is 0.390 e. The summed E-state index contributed by atoms with van der Waals surface area (Å²) in [4.78, 5) is 18.0. The SMILES string of the molecule is CC(C)(CCNC(=O)c1cnc(-c2ccc3cc(C#N)cnn23)cc1NC12CCC(O)(CC1)CC2)CS(C)(=O)=O. The first-order valence-corrected chi connectivity index (χ1v) is 15.7. The molecule has 40 heavy (non-hydrogen) atoms. The molecule has 3 aromatic heterocycles. The number of pyridine rings is 1. The minimum absolute atomic E-state index is 0.0446. The van der Waals surface area contributed by atoms with E-state index in [1.54, 1.807) is 16.8 Å². The van der Waals surface area contributed by atoms with Crippen LogP contribution in [0.2, 0.25) is 0 Å². The maximum atomic E-state index is 13.4. The van der Waals surface area contributed by atoms with Crippen molar-refractivity contribution in [1.29, 1.82) is 5.26 Å². The summed E-state index contributed by atoms with van der Waals surface area (Å²) in [6.07, 6.45) is 9.42. The van der Waals surface area contributed by atoms with Gasteiger partial charge < -0.3 is 15.7 Å². The van der Waals surface area contributed by atoms with E-state index in [4.69, 9.17) is 0 Å². The summed E-state index contributed by atoms with van der Waals surface area (Å²) in [5.41, 5.74) is 2.40. The van der Waals surface area contributed by atoms with Crippen molar-refractivity contribution < 1.29 is 18.3 Å². The summed E-state index contributed by atoms with van der Waals surface area (Å²) in [6, 6.07) is 9.49. The van der Waals surface area contributed by atoms with E-state index < -0.39 is 20.9 Å². The van der Waals surface area contributed by atoms with Crippen molar-refractivity contribution >= 4 is 26.9 Å². The van der Waals surface area contributed by atoms with Gasteiger partial charge in [-0.3, -0.25) is 9.78 Å². The lowest BCUT2D eigenvalue weighted by molar-refractivity contribution is -0.0580. The molecule has 3 aromatic rings. The molecular weight excluding hydrogens is 528 g/mol. The molecule has 3 fully saturated rings. The van der Waals surface area contributed by atoms with Gasteiger partial charge in [-0.2, -0.15) is 10.4 Å². The smallest absolute Gasteiger partial charge is 0.254 e. The maximum absolute atomic E-state index is 13.4. The number of amides is 1. The molecule has 0 saturated heterocycles. The van der Waals surface area contributed by atoms with Crippen molar-refractivity contribution in [2.24, 2.45) is 5.41 Å². The van der Waals surface area contributed by atoms with Crippen LogP contribution in [0.15, 0.2) is 36.7 Å². The van der Waals surface area contributed by atoms with Gasteiger partial charge in [-0.1, -0.05) is 13.8 Å². The Balaban J connectivity index is 1.43. The molecule has 1 amide bonds. The third-order valence-corrected chi connectivity index (χ3v) is 9.69. The Bertz CT molecular complexity index is 1580. The lowest BCUT2D eigenvalue weighted by Crippen LogP contribution is -2.54. The molecule has 11 heteroatoms. The highest BCUT2D eigenvalue weighted by molar-refractivity contribution is 7.90. The number of anilines is 1. The summed E-state index contributed by atoms with van der Waals surface area (Å²) < 4.78 is 25.3. The van der Waals surface area contributed by atoms with E-state index in [1.165, 1.54) is 12.5 Å². The second-order valence-electron chi connectivity index (χ2n) is 12.4. The van der Waals surface area contributed by atoms with Crippen molar-refractivity contribution in [2.45, 2.75) is 69.9 Å². The van der Waals surface area contributed by atoms with Crippen molar-refractivity contribution in [3.63, 3.8) is 0 Å². The summed E-state index contributed by atoms with van der Waals surface area (Å²) in [7, 11) is -3.14. The molecule has 3 aliphatic carbocycles. The number of nitriles is 1. The Morgan fingerprint density at radius 1 is 1.15 bits per heavy atom. The number of rotatable bonds is 9. The van der Waals surface area contributed by atoms with Gasteiger partial charge in [0.2, 0.25) is 0 Å². The number of fused-ring (bicyclic) bond motifs is 4. The van der Waals surface area contributed by atoms with Crippen LogP contribution in [0.4, 0.5) is 5.69 Å². The number of carbonyl (C=O) groups is 1. The maximum Gasteiger partial charge on any atom is 0.254 e. The lowest BCUT2D eigenvalue weighted by atomic mass is 9.63. The van der Waals surface area contributed by atoms with Crippen LogP contribution in [0, 0.1) is 16.7 Å². The molecule has 0 radical (unpaired) electrons. The molecule has 6 rings (SSSR count). The third-order valence-electron chi connectivity index (χ3n) is 8.39. The predicted octanol–water partition coefficient (Wildman–Crippen LogP) is 3.71. The number of hydrogen-bond acceptors (Lipinski definition) is 8. The van der Waals surface area contributed by atoms with Crippen LogP contribution in [0.25, 0.3) is 16.9 Å². The Kier molecular flexibility index (Phi) is 7.13. The van der Waals surface area contributed by atoms with Crippen LogP contribution in [0.3, 0.4) is 0 Å². The summed E-state index contributed by atoms with van der Waals surface area (Å²) in [5.74, 6) is -0.240. The number of aliphatic hydroxyl groups is 1. The van der Waals surface area contributed by atoms with Crippen LogP contribution in [0.1, 0.15) is 74.7 Å². The molecule has 3 aliphatic rings. The molecule has 0 atom stereocenters. The summed E-state index contributed by atoms with van der Waals surface area (Å²) in [5, 5.41) is 31.0. The Labute approximate surface area is 234 Å². The van der Waals surface area contributed by atoms with E-state index >= 15 is 0 Å². The number of aromatic nitrogens is 3. The quantitative estimate of drug-likeness (QED) is 0.356. The molecule has 0 aromatic carbocycles. The van der Waals surface area contributed by atoms with Gasteiger partial charge in [0.1, 0.15) is 15.9 Å². The first-order chi connectivity index (χ1) is 18.8. The molecule has 3 heterocycles. The lowest BCUT2D eigenvalue weighted by Gasteiger charge is -2.51. The number of hydrogen-bond donors (Lipinski definition) is 3. The minimum atomic E-state index is -3.14. The Morgan fingerprint density at radius 3 is 2.50 bits per heavy atom. The second kappa shape index (κ2) is 10.2. The molecule has 3 saturated carbocycles. The van der Waals surface area contributed by atoms with Gasteiger partial charge in [-0.05, 0) is 74.6 Å². The van der Waals surface area contributed by atoms with Crippen molar-refractivity contribution in [3.05, 3.63) is 47.8 Å². The van der Waals surface area contributed by atoms with Crippen molar-refractivity contribution in [1.82, 2.24) is 19.9 Å². The molecule has 3 N–H and O–H groups in total. The standard InChI is InChI=1S/C29H36N6O4S/c1-27(2,19-40(3,38)39)12-13-31-26(36)22-18-32-24(25-5-4-21-14-20(16-30)17-33-35(21)25)15-23(22)34-28-6-9-29(37,10-7-28)11-8-28/h4-5,14-15,17-18,37H,6-13,19H2,1-3H3,(H,31,36)(H,32,34). The van der Waals surface area contributed by atoms with Gasteiger partial charge in [0.05, 0.1) is 51.3 Å². The van der Waals surface area contributed by atoms with Gasteiger partial charge in [0.25, 0.3) is 5.91 Å². The van der Waals surface area contributed by atoms with Crippen molar-refractivity contribution in [3.8, 4) is 17.5 Å². The van der Waals surface area contributed by atoms with E-state index in [2.05, 4.69) is 26.8 Å². The zero-order chi connectivity index (χ0) is 28.8. The number of nitrogens with one attached hydrogen (secondary N) is 2. The molecule has 2 bridgehead atoms. The zero-order valence-corrected chi connectivity index (χ0v) is 24.0. The highest BCUT2D eigenvalue weighted by Gasteiger charge is 2.48. The Morgan fingerprint density at radius 2 is 1.85 bits per heavy atom. The van der Waals surface area contributed by atoms with Crippen LogP contribution >= 0.6 is 0 Å². The van der Waals surface area contributed by atoms with Crippen LogP contribution < -0.4 is 10.6 Å². The predicted molar refractivity (Wildman–Crippen MR) is 153 cm³/mol. The fourth-order valence-electron chi connectivity index (χ4n) is 6.16. The molecule has 0 aliphatic heterocycles. The Hall–Kier alpha value is -3.49. The molecule has 0 unspecified atom stereocenters. The molecule has 0 spiro atoms. The van der Waals surface area contributed by atoms with E-state index in [-0.39, 0.29) is 17.2 Å². The monoisotopic (exact) mass is 564 g/mol. The van der Waals surface area contributed by atoms with Gasteiger partial charge in [0.15, 0.2) is 0 Å². The molecule has 10 nitrogen and oxygen atoms in total. The highest BCUT2D eigenvalue weighted by Crippen LogP contribution is 2.48. The topological polar surface area (TPSA) is 149 Å². The third kappa shape index (κ3) is 5.98. The van der Waals surface area contributed by atoms with Crippen molar-refractivity contribution in [2.75, 3.05) is 23.9 Å². The van der Waals surface area contributed by atoms with Gasteiger partial charge in [-0.25, -0.2) is 12.9 Å². The molecular formula is C29H36N6O4S. The fourth-order valence-corrected chi connectivity index (χ4v) is 7.73. The summed E-state index contributed by atoms with van der Waals surface area (Å²) >= 11 is 0. The zero-order valence-electron chi connectivity index (χ0n) is 23.2. The normalized spacial score (nSPS) is 22.7. The van der Waals surface area contributed by atoms with E-state index in [0.29, 0.717) is 35.5 Å². The van der Waals surface area contributed by atoms with Crippen LogP contribution in [-0.2, 0) is 9.84 Å². The van der Waals surface area contributed by atoms with E-state index in [0.717, 1.165) is 49.7 Å². The average Bonchev–Trinajstić information content (AvgIpc) is 3.31. The number of sulfone groups is 1.